The third kappa shape index (κ3) is 5.25. The number of fused-ring (bicyclic) bond motifs is 1. The topological polar surface area (TPSA) is 100 Å². The molecule has 0 atom stereocenters. The summed E-state index contributed by atoms with van der Waals surface area (Å²) in [5.41, 5.74) is 0.906. The number of hydrogen-bond acceptors (Lipinski definition) is 7. The zero-order valence-electron chi connectivity index (χ0n) is 16.9. The molecule has 2 N–H and O–H groups in total. The summed E-state index contributed by atoms with van der Waals surface area (Å²) in [5.74, 6) is -0.295. The lowest BCUT2D eigenvalue weighted by Crippen LogP contribution is -2.33. The number of rotatable bonds is 6. The fraction of sp³-hybridized carbons (Fsp3) is 0.238. The van der Waals surface area contributed by atoms with Crippen molar-refractivity contribution in [3.8, 4) is 6.01 Å². The lowest BCUT2D eigenvalue weighted by molar-refractivity contribution is -0.139. The summed E-state index contributed by atoms with van der Waals surface area (Å²) in [4.78, 5) is 25.7. The summed E-state index contributed by atoms with van der Waals surface area (Å²) in [6, 6.07) is 7.77. The van der Waals surface area contributed by atoms with Crippen LogP contribution < -0.4 is 15.0 Å². The quantitative estimate of drug-likeness (QED) is 0.539. The van der Waals surface area contributed by atoms with Gasteiger partial charge in [0, 0.05) is 24.0 Å². The summed E-state index contributed by atoms with van der Waals surface area (Å²) < 4.78 is 43.7. The van der Waals surface area contributed by atoms with Crippen molar-refractivity contribution >= 4 is 34.9 Å². The van der Waals surface area contributed by atoms with E-state index in [1.807, 2.05) is 4.90 Å². The van der Waals surface area contributed by atoms with Gasteiger partial charge in [0.1, 0.15) is 11.6 Å². The number of carboxylic acid groups (broad SMARTS) is 1. The summed E-state index contributed by atoms with van der Waals surface area (Å²) in [5, 5.41) is 12.4. The first-order valence-electron chi connectivity index (χ1n) is 9.75. The predicted molar refractivity (Wildman–Crippen MR) is 114 cm³/mol. The molecule has 1 aliphatic rings. The zero-order valence-corrected chi connectivity index (χ0v) is 17.7. The van der Waals surface area contributed by atoms with Crippen LogP contribution in [-0.4, -0.2) is 39.2 Å². The highest BCUT2D eigenvalue weighted by atomic mass is 35.5. The minimum Gasteiger partial charge on any atom is -0.479 e. The maximum Gasteiger partial charge on any atom is 0.416 e. The van der Waals surface area contributed by atoms with Crippen molar-refractivity contribution in [2.45, 2.75) is 19.1 Å². The molecule has 3 aromatic rings. The molecule has 1 aliphatic heterocycles. The number of nitrogens with zero attached hydrogens (tertiary/aromatic N) is 4. The number of pyridine rings is 1. The van der Waals surface area contributed by atoms with Crippen molar-refractivity contribution in [1.82, 2.24) is 15.0 Å². The van der Waals surface area contributed by atoms with E-state index in [-0.39, 0.29) is 6.01 Å². The second-order valence-electron chi connectivity index (χ2n) is 7.14. The molecule has 0 bridgehead atoms. The Morgan fingerprint density at radius 1 is 1.21 bits per heavy atom. The standard InChI is InChI=1S/C21H17ClF3N5O3/c22-15-2-1-8-26-19(15)30-9-7-14-16(10-30)28-20(33-11-17(31)32)29-18(14)27-13-5-3-12(4-6-13)21(23,24)25/h1-6,8H,7,9-11H2,(H,31,32)(H,27,28,29). The number of aliphatic carboxylic acids is 1. The fourth-order valence-corrected chi connectivity index (χ4v) is 3.61. The van der Waals surface area contributed by atoms with Gasteiger partial charge in [0.15, 0.2) is 6.61 Å². The van der Waals surface area contributed by atoms with Crippen LogP contribution in [0.4, 0.5) is 30.5 Å². The third-order valence-electron chi connectivity index (χ3n) is 4.88. The van der Waals surface area contributed by atoms with Crippen molar-refractivity contribution in [2.75, 3.05) is 23.4 Å². The van der Waals surface area contributed by atoms with Crippen LogP contribution in [0.15, 0.2) is 42.6 Å². The van der Waals surface area contributed by atoms with Gasteiger partial charge in [-0.15, -0.1) is 0 Å². The largest absolute Gasteiger partial charge is 0.479 e. The Kier molecular flexibility index (Phi) is 6.23. The predicted octanol–water partition coefficient (Wildman–Crippen LogP) is 4.31. The van der Waals surface area contributed by atoms with Crippen LogP contribution in [0.25, 0.3) is 0 Å². The molecule has 0 unspecified atom stereocenters. The van der Waals surface area contributed by atoms with Gasteiger partial charge in [-0.3, -0.25) is 0 Å². The molecule has 1 aromatic carbocycles. The number of carboxylic acids is 1. The van der Waals surface area contributed by atoms with Gasteiger partial charge in [-0.1, -0.05) is 11.6 Å². The van der Waals surface area contributed by atoms with Crippen LogP contribution >= 0.6 is 11.6 Å². The van der Waals surface area contributed by atoms with E-state index in [2.05, 4.69) is 20.3 Å². The SMILES string of the molecule is O=C(O)COc1nc2c(c(Nc3ccc(C(F)(F)F)cc3)n1)CCN(c1ncccc1Cl)C2. The van der Waals surface area contributed by atoms with Gasteiger partial charge < -0.3 is 20.1 Å². The minimum atomic E-state index is -4.44. The highest BCUT2D eigenvalue weighted by Gasteiger charge is 2.30. The molecule has 4 rings (SSSR count). The Morgan fingerprint density at radius 3 is 2.64 bits per heavy atom. The minimum absolute atomic E-state index is 0.167. The van der Waals surface area contributed by atoms with Crippen molar-refractivity contribution in [1.29, 1.82) is 0 Å². The molecular weight excluding hydrogens is 463 g/mol. The molecule has 0 fully saturated rings. The first-order chi connectivity index (χ1) is 15.7. The summed E-state index contributed by atoms with van der Waals surface area (Å²) in [7, 11) is 0. The Labute approximate surface area is 191 Å². The van der Waals surface area contributed by atoms with Gasteiger partial charge in [0.2, 0.25) is 0 Å². The van der Waals surface area contributed by atoms with E-state index in [1.165, 1.54) is 12.1 Å². The Balaban J connectivity index is 1.65. The lowest BCUT2D eigenvalue weighted by atomic mass is 10.1. The number of aromatic nitrogens is 3. The number of anilines is 3. The molecule has 12 heteroatoms. The smallest absolute Gasteiger partial charge is 0.416 e. The monoisotopic (exact) mass is 479 g/mol. The molecule has 3 heterocycles. The average Bonchev–Trinajstić information content (AvgIpc) is 2.77. The average molecular weight is 480 g/mol. The second-order valence-corrected chi connectivity index (χ2v) is 7.55. The number of hydrogen-bond donors (Lipinski definition) is 2. The third-order valence-corrected chi connectivity index (χ3v) is 5.18. The fourth-order valence-electron chi connectivity index (χ4n) is 3.37. The number of alkyl halides is 3. The molecule has 0 radical (unpaired) electrons. The highest BCUT2D eigenvalue weighted by molar-refractivity contribution is 6.32. The summed E-state index contributed by atoms with van der Waals surface area (Å²) in [6.45, 7) is 0.206. The lowest BCUT2D eigenvalue weighted by Gasteiger charge is -2.30. The van der Waals surface area contributed by atoms with Crippen molar-refractivity contribution in [2.24, 2.45) is 0 Å². The van der Waals surface area contributed by atoms with Crippen molar-refractivity contribution in [3.05, 3.63) is 64.4 Å². The van der Waals surface area contributed by atoms with Crippen LogP contribution in [0.3, 0.4) is 0 Å². The van der Waals surface area contributed by atoms with E-state index in [0.29, 0.717) is 47.6 Å². The molecule has 0 saturated heterocycles. The zero-order chi connectivity index (χ0) is 23.6. The Bertz CT molecular complexity index is 1170. The van der Waals surface area contributed by atoms with E-state index in [0.717, 1.165) is 17.7 Å². The number of ether oxygens (including phenoxy) is 1. The van der Waals surface area contributed by atoms with Crippen LogP contribution in [0.1, 0.15) is 16.8 Å². The molecule has 0 spiro atoms. The van der Waals surface area contributed by atoms with E-state index in [9.17, 15) is 18.0 Å². The number of carbonyl (C=O) groups is 1. The number of halogens is 4. The van der Waals surface area contributed by atoms with Crippen LogP contribution in [0.2, 0.25) is 5.02 Å². The van der Waals surface area contributed by atoms with Gasteiger partial charge in [-0.2, -0.15) is 23.1 Å². The van der Waals surface area contributed by atoms with Crippen LogP contribution in [0.5, 0.6) is 6.01 Å². The molecule has 172 valence electrons. The number of nitrogens with one attached hydrogen (secondary N) is 1. The number of benzene rings is 1. The van der Waals surface area contributed by atoms with Gasteiger partial charge in [0.05, 0.1) is 22.8 Å². The first-order valence-corrected chi connectivity index (χ1v) is 10.1. The van der Waals surface area contributed by atoms with E-state index < -0.39 is 24.3 Å². The Morgan fingerprint density at radius 2 is 1.97 bits per heavy atom. The van der Waals surface area contributed by atoms with Gasteiger partial charge in [-0.05, 0) is 42.8 Å². The molecule has 33 heavy (non-hydrogen) atoms. The van der Waals surface area contributed by atoms with Gasteiger partial charge in [-0.25, -0.2) is 9.78 Å². The van der Waals surface area contributed by atoms with Crippen LogP contribution in [0, 0.1) is 0 Å². The van der Waals surface area contributed by atoms with Crippen LogP contribution in [-0.2, 0) is 23.9 Å². The highest BCUT2D eigenvalue weighted by Crippen LogP contribution is 2.33. The molecule has 8 nitrogen and oxygen atoms in total. The van der Waals surface area contributed by atoms with Crippen molar-refractivity contribution in [3.63, 3.8) is 0 Å². The molecule has 2 aromatic heterocycles. The van der Waals surface area contributed by atoms with Gasteiger partial charge in [0.25, 0.3) is 0 Å². The summed E-state index contributed by atoms with van der Waals surface area (Å²) in [6.07, 6.45) is -2.33. The van der Waals surface area contributed by atoms with Gasteiger partial charge >= 0.3 is 18.2 Å². The normalized spacial score (nSPS) is 13.4. The molecule has 0 amide bonds. The molecular formula is C21H17ClF3N5O3. The van der Waals surface area contributed by atoms with E-state index in [4.69, 9.17) is 21.4 Å². The Hall–Kier alpha value is -3.60. The van der Waals surface area contributed by atoms with E-state index in [1.54, 1.807) is 18.3 Å². The second kappa shape index (κ2) is 9.10. The van der Waals surface area contributed by atoms with E-state index >= 15 is 0 Å². The summed E-state index contributed by atoms with van der Waals surface area (Å²) >= 11 is 6.26. The maximum absolute atomic E-state index is 12.9. The van der Waals surface area contributed by atoms with Crippen molar-refractivity contribution < 1.29 is 27.8 Å². The molecule has 0 aliphatic carbocycles. The maximum atomic E-state index is 12.9. The first kappa shape index (κ1) is 22.6. The molecule has 0 saturated carbocycles.